The van der Waals surface area contributed by atoms with Gasteiger partial charge in [0.2, 0.25) is 0 Å². The topological polar surface area (TPSA) is 134 Å². The molecule has 0 aromatic rings. The molecule has 0 bridgehead atoms. The van der Waals surface area contributed by atoms with Gasteiger partial charge in [-0.1, -0.05) is 0 Å². The molecule has 0 amide bonds. The standard InChI is InChI=1S/C12H21N3O5/c1-6(13)10(16)20-12(18)9(14)7(2)19-11(17)8-4-3-5-15-8/h6-9,15H,3-5,13-14H2,1-2H3/t6-,7+,8-,9-/m0/s1. The molecule has 0 aliphatic carbocycles. The summed E-state index contributed by atoms with van der Waals surface area (Å²) in [6, 6.07) is -2.53. The maximum Gasteiger partial charge on any atom is 0.334 e. The van der Waals surface area contributed by atoms with E-state index in [-0.39, 0.29) is 6.04 Å². The van der Waals surface area contributed by atoms with Gasteiger partial charge in [-0.3, -0.25) is 4.79 Å². The summed E-state index contributed by atoms with van der Waals surface area (Å²) in [5.74, 6) is -2.30. The lowest BCUT2D eigenvalue weighted by Gasteiger charge is -2.20. The number of ether oxygens (including phenoxy) is 2. The van der Waals surface area contributed by atoms with Crippen molar-refractivity contribution in [2.24, 2.45) is 11.5 Å². The van der Waals surface area contributed by atoms with Crippen LogP contribution < -0.4 is 16.8 Å². The van der Waals surface area contributed by atoms with E-state index in [2.05, 4.69) is 10.1 Å². The highest BCUT2D eigenvalue weighted by Crippen LogP contribution is 2.09. The van der Waals surface area contributed by atoms with Crippen LogP contribution in [0.25, 0.3) is 0 Å². The van der Waals surface area contributed by atoms with E-state index in [0.29, 0.717) is 6.42 Å². The summed E-state index contributed by atoms with van der Waals surface area (Å²) in [6.07, 6.45) is 0.692. The first kappa shape index (κ1) is 16.5. The van der Waals surface area contributed by atoms with Crippen LogP contribution in [0.2, 0.25) is 0 Å². The molecule has 8 nitrogen and oxygen atoms in total. The number of hydrogen-bond donors (Lipinski definition) is 3. The predicted molar refractivity (Wildman–Crippen MR) is 69.3 cm³/mol. The number of esters is 3. The Labute approximate surface area is 117 Å². The molecular weight excluding hydrogens is 266 g/mol. The van der Waals surface area contributed by atoms with Crippen molar-refractivity contribution in [3.63, 3.8) is 0 Å². The van der Waals surface area contributed by atoms with Crippen molar-refractivity contribution in [2.45, 2.75) is 50.9 Å². The molecule has 0 radical (unpaired) electrons. The number of nitrogens with two attached hydrogens (primary N) is 2. The Morgan fingerprint density at radius 3 is 2.35 bits per heavy atom. The van der Waals surface area contributed by atoms with Gasteiger partial charge < -0.3 is 26.3 Å². The highest BCUT2D eigenvalue weighted by Gasteiger charge is 2.31. The first-order chi connectivity index (χ1) is 9.32. The monoisotopic (exact) mass is 287 g/mol. The molecule has 1 rings (SSSR count). The first-order valence-electron chi connectivity index (χ1n) is 6.53. The minimum absolute atomic E-state index is 0.369. The predicted octanol–water partition coefficient (Wildman–Crippen LogP) is -1.59. The van der Waals surface area contributed by atoms with Gasteiger partial charge in [-0.05, 0) is 33.2 Å². The normalized spacial score (nSPS) is 22.7. The second-order valence-electron chi connectivity index (χ2n) is 4.85. The summed E-state index contributed by atoms with van der Waals surface area (Å²) in [4.78, 5) is 34.5. The van der Waals surface area contributed by atoms with Gasteiger partial charge in [0.05, 0.1) is 0 Å². The Kier molecular flexibility index (Phi) is 6.05. The zero-order valence-electron chi connectivity index (χ0n) is 11.6. The van der Waals surface area contributed by atoms with E-state index in [1.165, 1.54) is 13.8 Å². The van der Waals surface area contributed by atoms with Gasteiger partial charge in [-0.25, -0.2) is 9.59 Å². The lowest BCUT2D eigenvalue weighted by atomic mass is 10.2. The zero-order chi connectivity index (χ0) is 15.3. The van der Waals surface area contributed by atoms with Gasteiger partial charge in [-0.2, -0.15) is 0 Å². The molecular formula is C12H21N3O5. The molecule has 1 heterocycles. The summed E-state index contributed by atoms with van der Waals surface area (Å²) in [7, 11) is 0. The van der Waals surface area contributed by atoms with Crippen molar-refractivity contribution in [2.75, 3.05) is 6.54 Å². The summed E-state index contributed by atoms with van der Waals surface area (Å²) < 4.78 is 9.56. The average Bonchev–Trinajstić information content (AvgIpc) is 2.91. The van der Waals surface area contributed by atoms with Crippen molar-refractivity contribution in [1.29, 1.82) is 0 Å². The molecule has 1 aliphatic rings. The molecule has 20 heavy (non-hydrogen) atoms. The van der Waals surface area contributed by atoms with Crippen LogP contribution in [0.3, 0.4) is 0 Å². The van der Waals surface area contributed by atoms with E-state index in [1.54, 1.807) is 0 Å². The number of nitrogens with one attached hydrogen (secondary N) is 1. The minimum Gasteiger partial charge on any atom is -0.459 e. The van der Waals surface area contributed by atoms with Crippen molar-refractivity contribution in [3.8, 4) is 0 Å². The Bertz CT molecular complexity index is 379. The van der Waals surface area contributed by atoms with E-state index in [0.717, 1.165) is 13.0 Å². The second-order valence-corrected chi connectivity index (χ2v) is 4.85. The Balaban J connectivity index is 2.45. The van der Waals surface area contributed by atoms with Crippen LogP contribution >= 0.6 is 0 Å². The molecule has 4 atom stereocenters. The van der Waals surface area contributed by atoms with Crippen LogP contribution in [0.1, 0.15) is 26.7 Å². The molecule has 0 aromatic carbocycles. The fraction of sp³-hybridized carbons (Fsp3) is 0.750. The maximum absolute atomic E-state index is 11.7. The third-order valence-corrected chi connectivity index (χ3v) is 3.00. The smallest absolute Gasteiger partial charge is 0.334 e. The number of carbonyl (C=O) groups excluding carboxylic acids is 3. The number of hydrogen-bond acceptors (Lipinski definition) is 8. The molecule has 1 aliphatic heterocycles. The largest absolute Gasteiger partial charge is 0.459 e. The third kappa shape index (κ3) is 4.55. The highest BCUT2D eigenvalue weighted by atomic mass is 16.6. The quantitative estimate of drug-likeness (QED) is 0.407. The molecule has 0 saturated carbocycles. The molecule has 114 valence electrons. The van der Waals surface area contributed by atoms with Crippen LogP contribution in [-0.4, -0.2) is 48.7 Å². The summed E-state index contributed by atoms with van der Waals surface area (Å²) in [6.45, 7) is 3.61. The fourth-order valence-electron chi connectivity index (χ4n) is 1.68. The zero-order valence-corrected chi connectivity index (χ0v) is 11.6. The Morgan fingerprint density at radius 2 is 1.85 bits per heavy atom. The minimum atomic E-state index is -1.23. The third-order valence-electron chi connectivity index (χ3n) is 3.00. The van der Waals surface area contributed by atoms with Gasteiger partial charge in [-0.15, -0.1) is 0 Å². The van der Waals surface area contributed by atoms with Gasteiger partial charge in [0, 0.05) is 0 Å². The van der Waals surface area contributed by atoms with Crippen LogP contribution in [0.4, 0.5) is 0 Å². The van der Waals surface area contributed by atoms with Gasteiger partial charge >= 0.3 is 17.9 Å². The van der Waals surface area contributed by atoms with Gasteiger partial charge in [0.15, 0.2) is 0 Å². The second kappa shape index (κ2) is 7.32. The lowest BCUT2D eigenvalue weighted by Crippen LogP contribution is -2.47. The highest BCUT2D eigenvalue weighted by molar-refractivity contribution is 5.91. The molecule has 1 saturated heterocycles. The van der Waals surface area contributed by atoms with Crippen LogP contribution in [-0.2, 0) is 23.9 Å². The van der Waals surface area contributed by atoms with Gasteiger partial charge in [0.25, 0.3) is 0 Å². The van der Waals surface area contributed by atoms with Gasteiger partial charge in [0.1, 0.15) is 24.2 Å². The summed E-state index contributed by atoms with van der Waals surface area (Å²) in [5.41, 5.74) is 10.9. The van der Waals surface area contributed by atoms with E-state index < -0.39 is 36.1 Å². The molecule has 5 N–H and O–H groups in total. The maximum atomic E-state index is 11.7. The SMILES string of the molecule is C[C@H](N)C(=O)OC(=O)[C@@H](N)[C@@H](C)OC(=O)[C@@H]1CCCN1. The molecule has 0 spiro atoms. The van der Waals surface area contributed by atoms with Crippen molar-refractivity contribution < 1.29 is 23.9 Å². The molecule has 8 heteroatoms. The van der Waals surface area contributed by atoms with E-state index in [1.807, 2.05) is 0 Å². The van der Waals surface area contributed by atoms with E-state index >= 15 is 0 Å². The Morgan fingerprint density at radius 1 is 1.20 bits per heavy atom. The molecule has 0 unspecified atom stereocenters. The molecule has 1 fully saturated rings. The summed E-state index contributed by atoms with van der Waals surface area (Å²) in [5, 5.41) is 2.97. The van der Waals surface area contributed by atoms with E-state index in [9.17, 15) is 14.4 Å². The number of carbonyl (C=O) groups is 3. The first-order valence-corrected chi connectivity index (χ1v) is 6.53. The van der Waals surface area contributed by atoms with Crippen molar-refractivity contribution in [3.05, 3.63) is 0 Å². The Hall–Kier alpha value is -1.51. The average molecular weight is 287 g/mol. The van der Waals surface area contributed by atoms with Crippen LogP contribution in [0.5, 0.6) is 0 Å². The lowest BCUT2D eigenvalue weighted by molar-refractivity contribution is -0.165. The van der Waals surface area contributed by atoms with Crippen molar-refractivity contribution in [1.82, 2.24) is 5.32 Å². The van der Waals surface area contributed by atoms with Crippen LogP contribution in [0.15, 0.2) is 0 Å². The van der Waals surface area contributed by atoms with Crippen LogP contribution in [0, 0.1) is 0 Å². The van der Waals surface area contributed by atoms with E-state index in [4.69, 9.17) is 16.2 Å². The molecule has 0 aromatic heterocycles. The van der Waals surface area contributed by atoms with Crippen molar-refractivity contribution >= 4 is 17.9 Å². The summed E-state index contributed by atoms with van der Waals surface area (Å²) >= 11 is 0. The fourth-order valence-corrected chi connectivity index (χ4v) is 1.68. The number of rotatable bonds is 5.